The first kappa shape index (κ1) is 8.51. The van der Waals surface area contributed by atoms with Crippen LogP contribution >= 0.6 is 0 Å². The van der Waals surface area contributed by atoms with Crippen LogP contribution in [0.4, 0.5) is 4.39 Å². The third-order valence-electron chi connectivity index (χ3n) is 2.56. The second-order valence-electron chi connectivity index (χ2n) is 3.29. The zero-order chi connectivity index (χ0) is 9.42. The number of hydrogen-bond donors (Lipinski definition) is 1. The monoisotopic (exact) mass is 181 g/mol. The van der Waals surface area contributed by atoms with Gasteiger partial charge in [-0.15, -0.1) is 0 Å². The molecule has 0 bridgehead atoms. The van der Waals surface area contributed by atoms with Gasteiger partial charge in [-0.2, -0.15) is 0 Å². The van der Waals surface area contributed by atoms with Gasteiger partial charge >= 0.3 is 0 Å². The summed E-state index contributed by atoms with van der Waals surface area (Å²) in [5.41, 5.74) is 7.35. The van der Waals surface area contributed by atoms with E-state index in [0.29, 0.717) is 5.56 Å². The molecule has 0 aliphatic heterocycles. The van der Waals surface area contributed by atoms with Gasteiger partial charge in [-0.1, -0.05) is 0 Å². The number of methoxy groups -OCH3 is 1. The fourth-order valence-corrected chi connectivity index (χ4v) is 1.91. The Bertz CT molecular complexity index is 338. The summed E-state index contributed by atoms with van der Waals surface area (Å²) in [5.74, 6) is 0.546. The molecule has 0 fully saturated rings. The predicted molar refractivity (Wildman–Crippen MR) is 48.2 cm³/mol. The van der Waals surface area contributed by atoms with Crippen molar-refractivity contribution in [1.29, 1.82) is 0 Å². The standard InChI is InChI=1S/C10H12FNO/c1-13-9-5-3-7(11)10-6(9)2-4-8(10)12/h3,5,8H,2,4,12H2,1H3/t8-/m1/s1. The fourth-order valence-electron chi connectivity index (χ4n) is 1.91. The summed E-state index contributed by atoms with van der Waals surface area (Å²) in [6.07, 6.45) is 1.63. The van der Waals surface area contributed by atoms with E-state index < -0.39 is 0 Å². The molecule has 1 aromatic rings. The predicted octanol–water partition coefficient (Wildman–Crippen LogP) is 1.78. The second-order valence-corrected chi connectivity index (χ2v) is 3.29. The van der Waals surface area contributed by atoms with Crippen LogP contribution in [-0.4, -0.2) is 7.11 Å². The highest BCUT2D eigenvalue weighted by Gasteiger charge is 2.25. The maximum absolute atomic E-state index is 13.3. The van der Waals surface area contributed by atoms with E-state index in [1.54, 1.807) is 13.2 Å². The zero-order valence-electron chi connectivity index (χ0n) is 7.51. The van der Waals surface area contributed by atoms with Gasteiger partial charge < -0.3 is 10.5 Å². The third kappa shape index (κ3) is 1.20. The topological polar surface area (TPSA) is 35.2 Å². The molecule has 2 N–H and O–H groups in total. The van der Waals surface area contributed by atoms with Gasteiger partial charge in [0.15, 0.2) is 0 Å². The first-order chi connectivity index (χ1) is 6.24. The second kappa shape index (κ2) is 3.00. The summed E-state index contributed by atoms with van der Waals surface area (Å²) < 4.78 is 18.5. The molecular weight excluding hydrogens is 169 g/mol. The average Bonchev–Trinajstić information content (AvgIpc) is 2.50. The lowest BCUT2D eigenvalue weighted by atomic mass is 10.1. The first-order valence-corrected chi connectivity index (χ1v) is 4.35. The van der Waals surface area contributed by atoms with Crippen molar-refractivity contribution < 1.29 is 9.13 Å². The smallest absolute Gasteiger partial charge is 0.128 e. The minimum Gasteiger partial charge on any atom is -0.496 e. The zero-order valence-corrected chi connectivity index (χ0v) is 7.51. The molecular formula is C10H12FNO. The number of ether oxygens (including phenoxy) is 1. The van der Waals surface area contributed by atoms with Crippen LogP contribution < -0.4 is 10.5 Å². The third-order valence-corrected chi connectivity index (χ3v) is 2.56. The number of benzene rings is 1. The molecule has 0 unspecified atom stereocenters. The van der Waals surface area contributed by atoms with Gasteiger partial charge in [-0.25, -0.2) is 4.39 Å². The summed E-state index contributed by atoms with van der Waals surface area (Å²) in [7, 11) is 1.59. The molecule has 3 heteroatoms. The fraction of sp³-hybridized carbons (Fsp3) is 0.400. The van der Waals surface area contributed by atoms with Crippen molar-refractivity contribution in [1.82, 2.24) is 0 Å². The Morgan fingerprint density at radius 2 is 2.31 bits per heavy atom. The highest BCUT2D eigenvalue weighted by molar-refractivity contribution is 5.45. The molecule has 2 nitrogen and oxygen atoms in total. The minimum absolute atomic E-state index is 0.162. The first-order valence-electron chi connectivity index (χ1n) is 4.35. The Kier molecular flexibility index (Phi) is 1.96. The lowest BCUT2D eigenvalue weighted by Gasteiger charge is -2.09. The Labute approximate surface area is 76.5 Å². The van der Waals surface area contributed by atoms with E-state index in [-0.39, 0.29) is 11.9 Å². The van der Waals surface area contributed by atoms with Crippen LogP contribution in [0.25, 0.3) is 0 Å². The molecule has 0 amide bonds. The van der Waals surface area contributed by atoms with E-state index >= 15 is 0 Å². The summed E-state index contributed by atoms with van der Waals surface area (Å²) in [6, 6.07) is 2.92. The number of rotatable bonds is 1. The molecule has 70 valence electrons. The Balaban J connectivity index is 2.59. The van der Waals surface area contributed by atoms with Gasteiger partial charge in [-0.3, -0.25) is 0 Å². The largest absolute Gasteiger partial charge is 0.496 e. The maximum atomic E-state index is 13.3. The van der Waals surface area contributed by atoms with Gasteiger partial charge in [0.1, 0.15) is 11.6 Å². The SMILES string of the molecule is COc1ccc(F)c2c1CC[C@H]2N. The van der Waals surface area contributed by atoms with Crippen LogP contribution in [0.2, 0.25) is 0 Å². The van der Waals surface area contributed by atoms with E-state index in [1.165, 1.54) is 6.07 Å². The minimum atomic E-state index is -0.208. The Morgan fingerprint density at radius 3 is 3.00 bits per heavy atom. The van der Waals surface area contributed by atoms with Crippen molar-refractivity contribution in [2.45, 2.75) is 18.9 Å². The Morgan fingerprint density at radius 1 is 1.54 bits per heavy atom. The summed E-state index contributed by atoms with van der Waals surface area (Å²) in [5, 5.41) is 0. The van der Waals surface area contributed by atoms with Crippen molar-refractivity contribution in [2.24, 2.45) is 5.73 Å². The lowest BCUT2D eigenvalue weighted by molar-refractivity contribution is 0.409. The van der Waals surface area contributed by atoms with Crippen LogP contribution in [0, 0.1) is 5.82 Å². The van der Waals surface area contributed by atoms with E-state index in [9.17, 15) is 4.39 Å². The Hall–Kier alpha value is -1.09. The molecule has 0 spiro atoms. The molecule has 0 heterocycles. The van der Waals surface area contributed by atoms with Crippen LogP contribution in [0.15, 0.2) is 12.1 Å². The van der Waals surface area contributed by atoms with Crippen molar-refractivity contribution >= 4 is 0 Å². The van der Waals surface area contributed by atoms with E-state index in [4.69, 9.17) is 10.5 Å². The lowest BCUT2D eigenvalue weighted by Crippen LogP contribution is -2.07. The molecule has 1 atom stereocenters. The number of hydrogen-bond acceptors (Lipinski definition) is 2. The van der Waals surface area contributed by atoms with Gasteiger partial charge in [-0.05, 0) is 25.0 Å². The number of nitrogens with two attached hydrogens (primary N) is 1. The molecule has 1 aromatic carbocycles. The van der Waals surface area contributed by atoms with Crippen molar-refractivity contribution in [2.75, 3.05) is 7.11 Å². The van der Waals surface area contributed by atoms with Crippen molar-refractivity contribution in [3.8, 4) is 5.75 Å². The molecule has 0 saturated carbocycles. The van der Waals surface area contributed by atoms with Gasteiger partial charge in [0.2, 0.25) is 0 Å². The molecule has 2 rings (SSSR count). The van der Waals surface area contributed by atoms with Gasteiger partial charge in [0.05, 0.1) is 7.11 Å². The molecule has 1 aliphatic rings. The van der Waals surface area contributed by atoms with Gasteiger partial charge in [0, 0.05) is 17.2 Å². The number of fused-ring (bicyclic) bond motifs is 1. The van der Waals surface area contributed by atoms with Crippen LogP contribution in [0.3, 0.4) is 0 Å². The average molecular weight is 181 g/mol. The van der Waals surface area contributed by atoms with E-state index in [1.807, 2.05) is 0 Å². The summed E-state index contributed by atoms with van der Waals surface area (Å²) in [6.45, 7) is 0. The summed E-state index contributed by atoms with van der Waals surface area (Å²) >= 11 is 0. The normalized spacial score (nSPS) is 20.1. The van der Waals surface area contributed by atoms with Gasteiger partial charge in [0.25, 0.3) is 0 Å². The quantitative estimate of drug-likeness (QED) is 0.716. The molecule has 0 aromatic heterocycles. The van der Waals surface area contributed by atoms with Crippen molar-refractivity contribution in [3.63, 3.8) is 0 Å². The highest BCUT2D eigenvalue weighted by atomic mass is 19.1. The van der Waals surface area contributed by atoms with Crippen LogP contribution in [0.5, 0.6) is 5.75 Å². The number of halogens is 1. The highest BCUT2D eigenvalue weighted by Crippen LogP contribution is 2.37. The van der Waals surface area contributed by atoms with Crippen LogP contribution in [-0.2, 0) is 6.42 Å². The van der Waals surface area contributed by atoms with E-state index in [0.717, 1.165) is 24.2 Å². The maximum Gasteiger partial charge on any atom is 0.128 e. The van der Waals surface area contributed by atoms with Crippen molar-refractivity contribution in [3.05, 3.63) is 29.1 Å². The molecule has 13 heavy (non-hydrogen) atoms. The molecule has 0 saturated heterocycles. The molecule has 1 aliphatic carbocycles. The van der Waals surface area contributed by atoms with Crippen LogP contribution in [0.1, 0.15) is 23.6 Å². The molecule has 0 radical (unpaired) electrons. The van der Waals surface area contributed by atoms with E-state index in [2.05, 4.69) is 0 Å². The summed E-state index contributed by atoms with van der Waals surface area (Å²) in [4.78, 5) is 0.